The number of halogens is 1. The number of benzene rings is 1. The van der Waals surface area contributed by atoms with Crippen molar-refractivity contribution < 1.29 is 9.50 Å². The lowest BCUT2D eigenvalue weighted by molar-refractivity contribution is 0.0835. The zero-order valence-corrected chi connectivity index (χ0v) is 8.07. The molecule has 0 unspecified atom stereocenters. The van der Waals surface area contributed by atoms with Crippen molar-refractivity contribution in [3.05, 3.63) is 29.6 Å². The Morgan fingerprint density at radius 2 is 2.20 bits per heavy atom. The lowest BCUT2D eigenvalue weighted by atomic mass is 9.89. The van der Waals surface area contributed by atoms with Crippen LogP contribution in [-0.4, -0.2) is 17.3 Å². The van der Waals surface area contributed by atoms with Gasteiger partial charge in [0.25, 0.3) is 0 Å². The molecule has 1 saturated carbocycles. The molecule has 2 rings (SSSR count). The number of nitrogens with one attached hydrogen (secondary N) is 1. The Hall–Kier alpha value is -1.60. The third-order valence-corrected chi connectivity index (χ3v) is 2.57. The molecule has 1 fully saturated rings. The molecule has 0 aliphatic heterocycles. The van der Waals surface area contributed by atoms with Gasteiger partial charge >= 0.3 is 0 Å². The van der Waals surface area contributed by atoms with E-state index in [1.807, 2.05) is 6.07 Å². The molecular weight excluding hydrogens is 195 g/mol. The topological polar surface area (TPSA) is 56.0 Å². The van der Waals surface area contributed by atoms with Crippen molar-refractivity contribution in [3.63, 3.8) is 0 Å². The molecule has 0 amide bonds. The Labute approximate surface area is 87.2 Å². The molecule has 2 N–H and O–H groups in total. The summed E-state index contributed by atoms with van der Waals surface area (Å²) in [5, 5.41) is 20.6. The van der Waals surface area contributed by atoms with Crippen LogP contribution in [0.5, 0.6) is 0 Å². The van der Waals surface area contributed by atoms with Gasteiger partial charge in [-0.15, -0.1) is 0 Å². The SMILES string of the molecule is N#Cc1ccc(NC2CC(O)C2)c(F)c1. The number of hydrogen-bond donors (Lipinski definition) is 2. The summed E-state index contributed by atoms with van der Waals surface area (Å²) in [4.78, 5) is 0. The van der Waals surface area contributed by atoms with Gasteiger partial charge in [-0.25, -0.2) is 4.39 Å². The lowest BCUT2D eigenvalue weighted by Crippen LogP contribution is -2.39. The predicted molar refractivity (Wildman–Crippen MR) is 53.8 cm³/mol. The van der Waals surface area contributed by atoms with E-state index in [0.29, 0.717) is 24.1 Å². The second-order valence-corrected chi connectivity index (χ2v) is 3.77. The van der Waals surface area contributed by atoms with Gasteiger partial charge in [0.15, 0.2) is 0 Å². The molecule has 0 atom stereocenters. The van der Waals surface area contributed by atoms with Crippen LogP contribution in [0, 0.1) is 17.1 Å². The summed E-state index contributed by atoms with van der Waals surface area (Å²) in [6.07, 6.45) is 1.04. The van der Waals surface area contributed by atoms with Crippen LogP contribution in [0.4, 0.5) is 10.1 Å². The Balaban J connectivity index is 2.06. The zero-order chi connectivity index (χ0) is 10.8. The van der Waals surface area contributed by atoms with Crippen molar-refractivity contribution in [2.24, 2.45) is 0 Å². The van der Waals surface area contributed by atoms with Gasteiger partial charge in [0, 0.05) is 6.04 Å². The molecule has 1 aliphatic carbocycles. The smallest absolute Gasteiger partial charge is 0.147 e. The highest BCUT2D eigenvalue weighted by Gasteiger charge is 2.27. The number of nitriles is 1. The summed E-state index contributed by atoms with van der Waals surface area (Å²) in [5.41, 5.74) is 0.706. The monoisotopic (exact) mass is 206 g/mol. The first-order valence-corrected chi connectivity index (χ1v) is 4.83. The molecular formula is C11H11FN2O. The van der Waals surface area contributed by atoms with E-state index in [4.69, 9.17) is 10.4 Å². The molecule has 15 heavy (non-hydrogen) atoms. The van der Waals surface area contributed by atoms with Gasteiger partial charge < -0.3 is 10.4 Å². The number of nitrogens with zero attached hydrogens (tertiary/aromatic N) is 1. The summed E-state index contributed by atoms with van der Waals surface area (Å²) in [5.74, 6) is -0.421. The van der Waals surface area contributed by atoms with Crippen LogP contribution >= 0.6 is 0 Å². The standard InChI is InChI=1S/C11H11FN2O/c12-10-3-7(6-13)1-2-11(10)14-8-4-9(15)5-8/h1-3,8-9,14-15H,4-5H2. The van der Waals surface area contributed by atoms with E-state index in [1.165, 1.54) is 6.07 Å². The maximum absolute atomic E-state index is 13.4. The summed E-state index contributed by atoms with van der Waals surface area (Å²) in [6.45, 7) is 0. The Morgan fingerprint density at radius 1 is 1.47 bits per heavy atom. The normalized spacial score (nSPS) is 24.1. The Morgan fingerprint density at radius 3 is 2.73 bits per heavy atom. The van der Waals surface area contributed by atoms with E-state index < -0.39 is 5.82 Å². The van der Waals surface area contributed by atoms with Gasteiger partial charge in [-0.3, -0.25) is 0 Å². The van der Waals surface area contributed by atoms with Crippen LogP contribution < -0.4 is 5.32 Å². The van der Waals surface area contributed by atoms with Crippen LogP contribution in [0.25, 0.3) is 0 Å². The van der Waals surface area contributed by atoms with Crippen molar-refractivity contribution in [1.82, 2.24) is 0 Å². The Bertz CT molecular complexity index is 408. The third kappa shape index (κ3) is 2.08. The molecule has 1 aliphatic rings. The minimum atomic E-state index is -0.421. The largest absolute Gasteiger partial charge is 0.393 e. The van der Waals surface area contributed by atoms with E-state index in [-0.39, 0.29) is 12.1 Å². The Kier molecular flexibility index (Phi) is 2.57. The number of aliphatic hydroxyl groups excluding tert-OH is 1. The van der Waals surface area contributed by atoms with Crippen LogP contribution in [0.1, 0.15) is 18.4 Å². The maximum Gasteiger partial charge on any atom is 0.147 e. The van der Waals surface area contributed by atoms with Gasteiger partial charge in [-0.05, 0) is 31.0 Å². The fraction of sp³-hybridized carbons (Fsp3) is 0.364. The van der Waals surface area contributed by atoms with E-state index in [1.54, 1.807) is 12.1 Å². The van der Waals surface area contributed by atoms with E-state index in [0.717, 1.165) is 0 Å². The van der Waals surface area contributed by atoms with Gasteiger partial charge in [-0.1, -0.05) is 0 Å². The molecule has 0 heterocycles. The maximum atomic E-state index is 13.4. The first-order chi connectivity index (χ1) is 7.19. The van der Waals surface area contributed by atoms with E-state index in [2.05, 4.69) is 5.32 Å². The quantitative estimate of drug-likeness (QED) is 0.773. The second kappa shape index (κ2) is 3.87. The molecule has 3 nitrogen and oxygen atoms in total. The fourth-order valence-corrected chi connectivity index (χ4v) is 1.63. The molecule has 0 radical (unpaired) electrons. The van der Waals surface area contributed by atoms with Crippen molar-refractivity contribution in [2.75, 3.05) is 5.32 Å². The first-order valence-electron chi connectivity index (χ1n) is 4.83. The highest BCUT2D eigenvalue weighted by atomic mass is 19.1. The highest BCUT2D eigenvalue weighted by molar-refractivity contribution is 5.49. The highest BCUT2D eigenvalue weighted by Crippen LogP contribution is 2.25. The first kappa shape index (κ1) is 9.94. The van der Waals surface area contributed by atoms with Crippen LogP contribution in [-0.2, 0) is 0 Å². The number of rotatable bonds is 2. The average Bonchev–Trinajstić information content (AvgIpc) is 2.18. The third-order valence-electron chi connectivity index (χ3n) is 2.57. The minimum absolute atomic E-state index is 0.141. The van der Waals surface area contributed by atoms with Crippen molar-refractivity contribution >= 4 is 5.69 Å². The molecule has 1 aromatic rings. The molecule has 0 bridgehead atoms. The predicted octanol–water partition coefficient (Wildman–Crippen LogP) is 1.63. The average molecular weight is 206 g/mol. The number of anilines is 1. The lowest BCUT2D eigenvalue weighted by Gasteiger charge is -2.32. The van der Waals surface area contributed by atoms with Crippen molar-refractivity contribution in [2.45, 2.75) is 25.0 Å². The summed E-state index contributed by atoms with van der Waals surface area (Å²) >= 11 is 0. The molecule has 1 aromatic carbocycles. The molecule has 0 saturated heterocycles. The molecule has 4 heteroatoms. The van der Waals surface area contributed by atoms with Crippen molar-refractivity contribution in [3.8, 4) is 6.07 Å². The fourth-order valence-electron chi connectivity index (χ4n) is 1.63. The van der Waals surface area contributed by atoms with Crippen LogP contribution in [0.2, 0.25) is 0 Å². The van der Waals surface area contributed by atoms with Gasteiger partial charge in [0.2, 0.25) is 0 Å². The minimum Gasteiger partial charge on any atom is -0.393 e. The van der Waals surface area contributed by atoms with Crippen LogP contribution in [0.3, 0.4) is 0 Å². The number of hydrogen-bond acceptors (Lipinski definition) is 3. The van der Waals surface area contributed by atoms with Gasteiger partial charge in [0.05, 0.1) is 23.4 Å². The van der Waals surface area contributed by atoms with Gasteiger partial charge in [-0.2, -0.15) is 5.26 Å². The number of aliphatic hydroxyl groups is 1. The molecule has 0 aromatic heterocycles. The van der Waals surface area contributed by atoms with Crippen LogP contribution in [0.15, 0.2) is 18.2 Å². The molecule has 0 spiro atoms. The van der Waals surface area contributed by atoms with E-state index >= 15 is 0 Å². The van der Waals surface area contributed by atoms with Gasteiger partial charge in [0.1, 0.15) is 5.82 Å². The molecule has 78 valence electrons. The van der Waals surface area contributed by atoms with Crippen molar-refractivity contribution in [1.29, 1.82) is 5.26 Å². The second-order valence-electron chi connectivity index (χ2n) is 3.77. The summed E-state index contributed by atoms with van der Waals surface area (Å²) < 4.78 is 13.4. The zero-order valence-electron chi connectivity index (χ0n) is 8.07. The summed E-state index contributed by atoms with van der Waals surface area (Å²) in [6, 6.07) is 6.35. The summed E-state index contributed by atoms with van der Waals surface area (Å²) in [7, 11) is 0. The van der Waals surface area contributed by atoms with E-state index in [9.17, 15) is 4.39 Å².